The summed E-state index contributed by atoms with van der Waals surface area (Å²) in [5, 5.41) is 2.92. The van der Waals surface area contributed by atoms with E-state index in [0.717, 1.165) is 12.1 Å². The lowest BCUT2D eigenvalue weighted by atomic mass is 10.3. The van der Waals surface area contributed by atoms with E-state index >= 15 is 0 Å². The number of anilines is 1. The van der Waals surface area contributed by atoms with Crippen LogP contribution in [0.3, 0.4) is 0 Å². The van der Waals surface area contributed by atoms with Gasteiger partial charge in [0, 0.05) is 6.07 Å². The Balaban J connectivity index is 2.72. The van der Waals surface area contributed by atoms with Crippen LogP contribution in [0.5, 0.6) is 0 Å². The zero-order valence-electron chi connectivity index (χ0n) is 8.84. The zero-order chi connectivity index (χ0) is 12.8. The molecule has 92 valence electrons. The lowest BCUT2D eigenvalue weighted by molar-refractivity contribution is -0.134. The molecule has 0 amide bonds. The molecule has 4 nitrogen and oxygen atoms in total. The molecule has 0 bridgehead atoms. The number of hydrogen-bond acceptors (Lipinski definition) is 4. The van der Waals surface area contributed by atoms with Gasteiger partial charge in [-0.25, -0.2) is 13.6 Å². The number of carbonyl (C=O) groups excluding carboxylic acids is 1. The van der Waals surface area contributed by atoms with Crippen molar-refractivity contribution in [3.8, 4) is 0 Å². The molecule has 0 saturated carbocycles. The number of esters is 1. The number of hydrazone groups is 1. The molecule has 1 N–H and O–H groups in total. The number of nitrogens with one attached hydrogen (secondary N) is 1. The summed E-state index contributed by atoms with van der Waals surface area (Å²) in [6.45, 7) is 1.75. The van der Waals surface area contributed by atoms with Gasteiger partial charge in [0.25, 0.3) is 0 Å². The molecule has 0 radical (unpaired) electrons. The summed E-state index contributed by atoms with van der Waals surface area (Å²) in [7, 11) is 0. The van der Waals surface area contributed by atoms with Crippen molar-refractivity contribution in [2.24, 2.45) is 5.10 Å². The zero-order valence-corrected chi connectivity index (χ0v) is 9.59. The number of nitrogens with zero attached hydrogens (tertiary/aromatic N) is 1. The van der Waals surface area contributed by atoms with Gasteiger partial charge in [-0.1, -0.05) is 11.6 Å². The Morgan fingerprint density at radius 3 is 2.82 bits per heavy atom. The molecule has 0 aliphatic rings. The summed E-state index contributed by atoms with van der Waals surface area (Å²) < 4.78 is 30.2. The van der Waals surface area contributed by atoms with Crippen molar-refractivity contribution in [1.82, 2.24) is 0 Å². The van der Waals surface area contributed by atoms with E-state index in [0.29, 0.717) is 6.07 Å². The Morgan fingerprint density at radius 2 is 2.24 bits per heavy atom. The quantitative estimate of drug-likeness (QED) is 0.515. The highest BCUT2D eigenvalue weighted by molar-refractivity contribution is 6.82. The first-order valence-electron chi connectivity index (χ1n) is 4.66. The van der Waals surface area contributed by atoms with Crippen molar-refractivity contribution >= 4 is 28.4 Å². The van der Waals surface area contributed by atoms with E-state index in [1.165, 1.54) is 0 Å². The molecule has 0 aliphatic carbocycles. The molecule has 0 unspecified atom stereocenters. The second kappa shape index (κ2) is 6.15. The van der Waals surface area contributed by atoms with Crippen molar-refractivity contribution in [2.45, 2.75) is 6.92 Å². The molecule has 0 spiro atoms. The average Bonchev–Trinajstić information content (AvgIpc) is 2.27. The fourth-order valence-corrected chi connectivity index (χ4v) is 1.02. The van der Waals surface area contributed by atoms with Gasteiger partial charge < -0.3 is 4.74 Å². The number of carbonyl (C=O) groups is 1. The Labute approximate surface area is 101 Å². The van der Waals surface area contributed by atoms with E-state index in [1.807, 2.05) is 0 Å². The summed E-state index contributed by atoms with van der Waals surface area (Å²) in [6, 6.07) is 2.85. The summed E-state index contributed by atoms with van der Waals surface area (Å²) in [4.78, 5) is 11.0. The number of benzene rings is 1. The first-order valence-corrected chi connectivity index (χ1v) is 5.03. The number of ether oxygens (including phenoxy) is 1. The number of hydrogen-bond donors (Lipinski definition) is 1. The lowest BCUT2D eigenvalue weighted by Crippen LogP contribution is -2.13. The van der Waals surface area contributed by atoms with E-state index in [1.54, 1.807) is 6.92 Å². The molecule has 0 fully saturated rings. The molecule has 1 rings (SSSR count). The first kappa shape index (κ1) is 13.4. The predicted molar refractivity (Wildman–Crippen MR) is 59.9 cm³/mol. The van der Waals surface area contributed by atoms with Crippen molar-refractivity contribution in [1.29, 1.82) is 0 Å². The largest absolute Gasteiger partial charge is 0.461 e. The molecule has 17 heavy (non-hydrogen) atoms. The Kier molecular flexibility index (Phi) is 4.84. The summed E-state index contributed by atoms with van der Waals surface area (Å²) in [6.07, 6.45) is 0. The summed E-state index contributed by atoms with van der Waals surface area (Å²) >= 11 is 5.46. The number of rotatable bonds is 4. The summed E-state index contributed by atoms with van der Waals surface area (Å²) in [5.74, 6) is -2.39. The van der Waals surface area contributed by atoms with Gasteiger partial charge in [0.1, 0.15) is 5.82 Å². The fourth-order valence-electron chi connectivity index (χ4n) is 0.926. The monoisotopic (exact) mass is 262 g/mol. The van der Waals surface area contributed by atoms with Gasteiger partial charge in [0.15, 0.2) is 5.82 Å². The maximum Gasteiger partial charge on any atom is 0.370 e. The molecular formula is C10H9ClF2N2O2. The van der Waals surface area contributed by atoms with Gasteiger partial charge in [0.2, 0.25) is 5.17 Å². The van der Waals surface area contributed by atoms with E-state index in [-0.39, 0.29) is 12.3 Å². The molecular weight excluding hydrogens is 254 g/mol. The Bertz CT molecular complexity index is 452. The molecule has 1 aromatic rings. The van der Waals surface area contributed by atoms with Crippen LogP contribution in [0.1, 0.15) is 6.92 Å². The lowest BCUT2D eigenvalue weighted by Gasteiger charge is -2.03. The topological polar surface area (TPSA) is 50.7 Å². The maximum absolute atomic E-state index is 13.1. The third-order valence-electron chi connectivity index (χ3n) is 1.65. The highest BCUT2D eigenvalue weighted by Crippen LogP contribution is 2.14. The SMILES string of the molecule is CCOC(=O)/C(Cl)=N/Nc1ccc(F)cc1F. The highest BCUT2D eigenvalue weighted by Gasteiger charge is 2.09. The highest BCUT2D eigenvalue weighted by atomic mass is 35.5. The van der Waals surface area contributed by atoms with Crippen LogP contribution in [0.15, 0.2) is 23.3 Å². The van der Waals surface area contributed by atoms with Crippen LogP contribution in [0.2, 0.25) is 0 Å². The predicted octanol–water partition coefficient (Wildman–Crippen LogP) is 2.49. The van der Waals surface area contributed by atoms with Gasteiger partial charge in [-0.05, 0) is 19.1 Å². The molecule has 7 heteroatoms. The minimum Gasteiger partial charge on any atom is -0.461 e. The normalized spacial score (nSPS) is 11.2. The van der Waals surface area contributed by atoms with E-state index in [9.17, 15) is 13.6 Å². The summed E-state index contributed by atoms with van der Waals surface area (Å²) in [5.41, 5.74) is 2.09. The van der Waals surface area contributed by atoms with Crippen LogP contribution in [0, 0.1) is 11.6 Å². The van der Waals surface area contributed by atoms with Gasteiger partial charge in [0.05, 0.1) is 12.3 Å². The van der Waals surface area contributed by atoms with E-state index in [2.05, 4.69) is 15.3 Å². The van der Waals surface area contributed by atoms with Crippen molar-refractivity contribution < 1.29 is 18.3 Å². The minimum atomic E-state index is -0.845. The van der Waals surface area contributed by atoms with Crippen LogP contribution in [0.4, 0.5) is 14.5 Å². The molecule has 0 aromatic heterocycles. The van der Waals surface area contributed by atoms with Crippen LogP contribution in [0.25, 0.3) is 0 Å². The smallest absolute Gasteiger partial charge is 0.370 e. The molecule has 0 aliphatic heterocycles. The van der Waals surface area contributed by atoms with Crippen molar-refractivity contribution in [3.63, 3.8) is 0 Å². The van der Waals surface area contributed by atoms with Crippen LogP contribution >= 0.6 is 11.6 Å². The van der Waals surface area contributed by atoms with E-state index in [4.69, 9.17) is 11.6 Å². The maximum atomic E-state index is 13.1. The first-order chi connectivity index (χ1) is 8.04. The molecule has 0 heterocycles. The van der Waals surface area contributed by atoms with Gasteiger partial charge >= 0.3 is 5.97 Å². The molecule has 0 saturated heterocycles. The standard InChI is InChI=1S/C10H9ClF2N2O2/c1-2-17-10(16)9(11)15-14-8-4-3-6(12)5-7(8)13/h3-5,14H,2H2,1H3/b15-9-. The van der Waals surface area contributed by atoms with Crippen LogP contribution in [-0.4, -0.2) is 17.7 Å². The third kappa shape index (κ3) is 3.99. The van der Waals surface area contributed by atoms with Crippen molar-refractivity contribution in [3.05, 3.63) is 29.8 Å². The van der Waals surface area contributed by atoms with E-state index < -0.39 is 22.8 Å². The van der Waals surface area contributed by atoms with Crippen LogP contribution < -0.4 is 5.43 Å². The number of halogens is 3. The van der Waals surface area contributed by atoms with Gasteiger partial charge in [-0.15, -0.1) is 0 Å². The Hall–Kier alpha value is -1.69. The van der Waals surface area contributed by atoms with Gasteiger partial charge in [-0.2, -0.15) is 5.10 Å². The van der Waals surface area contributed by atoms with Gasteiger partial charge in [-0.3, -0.25) is 5.43 Å². The third-order valence-corrected chi connectivity index (χ3v) is 1.89. The van der Waals surface area contributed by atoms with Crippen LogP contribution in [-0.2, 0) is 9.53 Å². The molecule has 0 atom stereocenters. The van der Waals surface area contributed by atoms with Crippen molar-refractivity contribution in [2.75, 3.05) is 12.0 Å². The second-order valence-electron chi connectivity index (χ2n) is 2.86. The molecule has 1 aromatic carbocycles. The Morgan fingerprint density at radius 1 is 1.53 bits per heavy atom. The average molecular weight is 263 g/mol. The fraction of sp³-hybridized carbons (Fsp3) is 0.200. The minimum absolute atomic E-state index is 0.103. The second-order valence-corrected chi connectivity index (χ2v) is 3.22.